The molecule has 1 aliphatic rings. The summed E-state index contributed by atoms with van der Waals surface area (Å²) in [7, 11) is 0. The smallest absolute Gasteiger partial charge is 0.306 e. The zero-order valence-corrected chi connectivity index (χ0v) is 11.3. The van der Waals surface area contributed by atoms with Gasteiger partial charge in [0.1, 0.15) is 0 Å². The second kappa shape index (κ2) is 5.90. The predicted molar refractivity (Wildman–Crippen MR) is 74.8 cm³/mol. The Bertz CT molecular complexity index is 522. The maximum absolute atomic E-state index is 10.9. The topological polar surface area (TPSA) is 92.5 Å². The van der Waals surface area contributed by atoms with Crippen molar-refractivity contribution in [2.75, 3.05) is 5.32 Å². The highest BCUT2D eigenvalue weighted by molar-refractivity contribution is 5.70. The average molecular weight is 278 g/mol. The minimum absolute atomic E-state index is 0.0670. The van der Waals surface area contributed by atoms with Gasteiger partial charge in [0, 0.05) is 23.9 Å². The van der Waals surface area contributed by atoms with Crippen molar-refractivity contribution in [1.29, 1.82) is 0 Å². The normalized spacial score (nSPS) is 22.2. The molecule has 0 saturated heterocycles. The average Bonchev–Trinajstić information content (AvgIpc) is 2.41. The third-order valence-corrected chi connectivity index (χ3v) is 3.87. The molecule has 0 heterocycles. The van der Waals surface area contributed by atoms with Gasteiger partial charge in [-0.2, -0.15) is 0 Å². The first-order valence-electron chi connectivity index (χ1n) is 6.71. The molecule has 0 radical (unpaired) electrons. The van der Waals surface area contributed by atoms with Crippen molar-refractivity contribution in [3.05, 3.63) is 33.9 Å². The highest BCUT2D eigenvalue weighted by Gasteiger charge is 2.26. The van der Waals surface area contributed by atoms with Crippen LogP contribution in [0.1, 0.15) is 31.2 Å². The van der Waals surface area contributed by atoms with Crippen molar-refractivity contribution in [1.82, 2.24) is 0 Å². The quantitative estimate of drug-likeness (QED) is 0.652. The number of hydrogen-bond donors (Lipinski definition) is 2. The first kappa shape index (κ1) is 14.3. The monoisotopic (exact) mass is 278 g/mol. The van der Waals surface area contributed by atoms with Crippen molar-refractivity contribution in [3.8, 4) is 0 Å². The molecule has 0 aromatic heterocycles. The third-order valence-electron chi connectivity index (χ3n) is 3.87. The molecule has 0 bridgehead atoms. The van der Waals surface area contributed by atoms with E-state index in [1.165, 1.54) is 6.07 Å². The van der Waals surface area contributed by atoms with Gasteiger partial charge in [-0.1, -0.05) is 6.07 Å². The molecule has 0 spiro atoms. The fourth-order valence-corrected chi connectivity index (χ4v) is 2.58. The standard InChI is InChI=1S/C14H18N2O4/c1-9-2-7-12(16(19)20)8-13(9)15-11-5-3-10(4-6-11)14(17)18/h2,7-8,10-11,15H,3-6H2,1H3,(H,17,18). The summed E-state index contributed by atoms with van der Waals surface area (Å²) in [6.07, 6.45) is 2.86. The molecule has 1 saturated carbocycles. The van der Waals surface area contributed by atoms with Gasteiger partial charge in [0.05, 0.1) is 10.8 Å². The number of benzene rings is 1. The second-order valence-electron chi connectivity index (χ2n) is 5.29. The van der Waals surface area contributed by atoms with E-state index in [0.29, 0.717) is 12.8 Å². The number of nitrogens with one attached hydrogen (secondary N) is 1. The minimum atomic E-state index is -0.727. The van der Waals surface area contributed by atoms with Crippen molar-refractivity contribution in [2.24, 2.45) is 5.92 Å². The number of carbonyl (C=O) groups is 1. The minimum Gasteiger partial charge on any atom is -0.481 e. The molecule has 1 aliphatic carbocycles. The molecule has 0 atom stereocenters. The van der Waals surface area contributed by atoms with Crippen LogP contribution in [0.3, 0.4) is 0 Å². The first-order valence-corrected chi connectivity index (χ1v) is 6.71. The van der Waals surface area contributed by atoms with Gasteiger partial charge < -0.3 is 10.4 Å². The van der Waals surface area contributed by atoms with Gasteiger partial charge in [-0.3, -0.25) is 14.9 Å². The number of aryl methyl sites for hydroxylation is 1. The number of anilines is 1. The van der Waals surface area contributed by atoms with E-state index in [-0.39, 0.29) is 17.6 Å². The Morgan fingerprint density at radius 1 is 1.35 bits per heavy atom. The number of non-ortho nitro benzene ring substituents is 1. The van der Waals surface area contributed by atoms with Crippen LogP contribution in [0, 0.1) is 23.0 Å². The molecule has 1 fully saturated rings. The van der Waals surface area contributed by atoms with Gasteiger partial charge in [-0.05, 0) is 38.2 Å². The Kier molecular flexibility index (Phi) is 4.22. The van der Waals surface area contributed by atoms with Crippen LogP contribution in [0.15, 0.2) is 18.2 Å². The number of aliphatic carboxylic acids is 1. The maximum Gasteiger partial charge on any atom is 0.306 e. The van der Waals surface area contributed by atoms with Crippen LogP contribution < -0.4 is 5.32 Å². The van der Waals surface area contributed by atoms with Crippen LogP contribution in [-0.2, 0) is 4.79 Å². The number of nitrogens with zero attached hydrogens (tertiary/aromatic N) is 1. The number of rotatable bonds is 4. The van der Waals surface area contributed by atoms with Crippen LogP contribution in [0.25, 0.3) is 0 Å². The van der Waals surface area contributed by atoms with Crippen molar-refractivity contribution in [2.45, 2.75) is 38.6 Å². The van der Waals surface area contributed by atoms with E-state index in [9.17, 15) is 14.9 Å². The summed E-state index contributed by atoms with van der Waals surface area (Å²) in [5.41, 5.74) is 1.78. The number of nitro groups is 1. The van der Waals surface area contributed by atoms with Crippen LogP contribution in [0.2, 0.25) is 0 Å². The fraction of sp³-hybridized carbons (Fsp3) is 0.500. The summed E-state index contributed by atoms with van der Waals surface area (Å²) in [6, 6.07) is 4.94. The van der Waals surface area contributed by atoms with E-state index < -0.39 is 10.9 Å². The van der Waals surface area contributed by atoms with Crippen molar-refractivity contribution < 1.29 is 14.8 Å². The summed E-state index contributed by atoms with van der Waals surface area (Å²) < 4.78 is 0. The number of nitro benzene ring substituents is 1. The molecule has 0 unspecified atom stereocenters. The lowest BCUT2D eigenvalue weighted by atomic mass is 9.86. The molecule has 20 heavy (non-hydrogen) atoms. The zero-order chi connectivity index (χ0) is 14.7. The first-order chi connectivity index (χ1) is 9.47. The van der Waals surface area contributed by atoms with Gasteiger partial charge in [-0.15, -0.1) is 0 Å². The van der Waals surface area contributed by atoms with E-state index in [4.69, 9.17) is 5.11 Å². The van der Waals surface area contributed by atoms with Crippen LogP contribution in [0.4, 0.5) is 11.4 Å². The van der Waals surface area contributed by atoms with E-state index in [2.05, 4.69) is 5.32 Å². The Balaban J connectivity index is 2.02. The van der Waals surface area contributed by atoms with E-state index >= 15 is 0 Å². The van der Waals surface area contributed by atoms with Gasteiger partial charge >= 0.3 is 5.97 Å². The van der Waals surface area contributed by atoms with Gasteiger partial charge in [-0.25, -0.2) is 0 Å². The maximum atomic E-state index is 10.9. The molecular formula is C14H18N2O4. The molecule has 0 amide bonds. The SMILES string of the molecule is Cc1ccc([N+](=O)[O-])cc1NC1CCC(C(=O)O)CC1. The highest BCUT2D eigenvalue weighted by atomic mass is 16.6. The molecule has 6 nitrogen and oxygen atoms in total. The molecule has 1 aromatic rings. The molecule has 0 aliphatic heterocycles. The summed E-state index contributed by atoms with van der Waals surface area (Å²) in [6.45, 7) is 1.90. The van der Waals surface area contributed by atoms with Crippen molar-refractivity contribution >= 4 is 17.3 Å². The predicted octanol–water partition coefficient (Wildman–Crippen LogP) is 2.96. The summed E-state index contributed by atoms with van der Waals surface area (Å²) in [5.74, 6) is -0.978. The number of carboxylic acids is 1. The van der Waals surface area contributed by atoms with Crippen LogP contribution in [-0.4, -0.2) is 22.0 Å². The van der Waals surface area contributed by atoms with Gasteiger partial charge in [0.2, 0.25) is 0 Å². The summed E-state index contributed by atoms with van der Waals surface area (Å²) in [4.78, 5) is 21.3. The highest BCUT2D eigenvalue weighted by Crippen LogP contribution is 2.29. The van der Waals surface area contributed by atoms with Gasteiger partial charge in [0.15, 0.2) is 0 Å². The summed E-state index contributed by atoms with van der Waals surface area (Å²) in [5, 5.41) is 23.1. The van der Waals surface area contributed by atoms with Gasteiger partial charge in [0.25, 0.3) is 5.69 Å². The molecule has 6 heteroatoms. The largest absolute Gasteiger partial charge is 0.481 e. The Morgan fingerprint density at radius 2 is 2.00 bits per heavy atom. The summed E-state index contributed by atoms with van der Waals surface area (Å²) >= 11 is 0. The third kappa shape index (κ3) is 3.26. The van der Waals surface area contributed by atoms with E-state index in [0.717, 1.165) is 24.1 Å². The Hall–Kier alpha value is -2.11. The second-order valence-corrected chi connectivity index (χ2v) is 5.29. The molecule has 108 valence electrons. The van der Waals surface area contributed by atoms with Crippen molar-refractivity contribution in [3.63, 3.8) is 0 Å². The lowest BCUT2D eigenvalue weighted by Crippen LogP contribution is -2.29. The number of hydrogen-bond acceptors (Lipinski definition) is 4. The molecule has 1 aromatic carbocycles. The fourth-order valence-electron chi connectivity index (χ4n) is 2.58. The van der Waals surface area contributed by atoms with Crippen LogP contribution in [0.5, 0.6) is 0 Å². The van der Waals surface area contributed by atoms with E-state index in [1.54, 1.807) is 12.1 Å². The van der Waals surface area contributed by atoms with E-state index in [1.807, 2.05) is 6.92 Å². The lowest BCUT2D eigenvalue weighted by molar-refractivity contribution is -0.384. The molecule has 2 N–H and O–H groups in total. The number of carboxylic acid groups (broad SMARTS) is 1. The Labute approximate surface area is 117 Å². The molecular weight excluding hydrogens is 260 g/mol. The zero-order valence-electron chi connectivity index (χ0n) is 11.3. The molecule has 2 rings (SSSR count). The van der Waals surface area contributed by atoms with Crippen LogP contribution >= 0.6 is 0 Å². The Morgan fingerprint density at radius 3 is 2.55 bits per heavy atom. The lowest BCUT2D eigenvalue weighted by Gasteiger charge is -2.28.